The van der Waals surface area contributed by atoms with Crippen molar-refractivity contribution in [3.63, 3.8) is 0 Å². The summed E-state index contributed by atoms with van der Waals surface area (Å²) in [6.45, 7) is 3.41. The van der Waals surface area contributed by atoms with E-state index in [2.05, 4.69) is 39.6 Å². The molecule has 1 unspecified atom stereocenters. The Hall–Kier alpha value is -0.910. The van der Waals surface area contributed by atoms with Crippen LogP contribution in [0.15, 0.2) is 40.2 Å². The molecule has 1 aromatic carbocycles. The molecule has 1 aromatic heterocycles. The number of thiophene rings is 1. The fraction of sp³-hybridized carbons (Fsp3) is 0.286. The number of ether oxygens (including phenoxy) is 1. The summed E-state index contributed by atoms with van der Waals surface area (Å²) < 4.78 is 19.1. The van der Waals surface area contributed by atoms with Gasteiger partial charge in [-0.1, -0.05) is 6.07 Å². The number of hydrogen-bond donors (Lipinski definition) is 1. The zero-order valence-electron chi connectivity index (χ0n) is 10.5. The van der Waals surface area contributed by atoms with Crippen molar-refractivity contribution >= 4 is 27.3 Å². The van der Waals surface area contributed by atoms with Gasteiger partial charge in [-0.15, -0.1) is 11.3 Å². The SMILES string of the molecule is CC(NCCOc1ccc(F)cc1Br)c1cccs1. The molecule has 2 rings (SSSR count). The van der Waals surface area contributed by atoms with Gasteiger partial charge >= 0.3 is 0 Å². The largest absolute Gasteiger partial charge is 0.491 e. The number of benzene rings is 1. The number of hydrogen-bond acceptors (Lipinski definition) is 3. The van der Waals surface area contributed by atoms with Gasteiger partial charge in [-0.25, -0.2) is 4.39 Å². The molecule has 0 bridgehead atoms. The number of halogens is 2. The minimum Gasteiger partial charge on any atom is -0.491 e. The molecule has 0 fully saturated rings. The van der Waals surface area contributed by atoms with Crippen LogP contribution in [0.2, 0.25) is 0 Å². The van der Waals surface area contributed by atoms with Crippen LogP contribution in [0.5, 0.6) is 5.75 Å². The third-order valence-corrected chi connectivity index (χ3v) is 4.35. The van der Waals surface area contributed by atoms with Gasteiger partial charge in [-0.2, -0.15) is 0 Å². The zero-order valence-corrected chi connectivity index (χ0v) is 12.9. The summed E-state index contributed by atoms with van der Waals surface area (Å²) in [5.74, 6) is 0.385. The van der Waals surface area contributed by atoms with Crippen molar-refractivity contribution in [3.05, 3.63) is 50.9 Å². The molecule has 5 heteroatoms. The topological polar surface area (TPSA) is 21.3 Å². The van der Waals surface area contributed by atoms with Gasteiger partial charge in [0.2, 0.25) is 0 Å². The maximum atomic E-state index is 12.9. The summed E-state index contributed by atoms with van der Waals surface area (Å²) >= 11 is 5.01. The lowest BCUT2D eigenvalue weighted by molar-refractivity contribution is 0.306. The molecule has 0 spiro atoms. The average Bonchev–Trinajstić information content (AvgIpc) is 2.90. The molecule has 0 amide bonds. The maximum Gasteiger partial charge on any atom is 0.133 e. The van der Waals surface area contributed by atoms with E-state index in [1.54, 1.807) is 17.4 Å². The van der Waals surface area contributed by atoms with E-state index in [1.807, 2.05) is 6.07 Å². The molecule has 0 aliphatic rings. The summed E-state index contributed by atoms with van der Waals surface area (Å²) in [5, 5.41) is 5.45. The Morgan fingerprint density at radius 2 is 2.26 bits per heavy atom. The van der Waals surface area contributed by atoms with E-state index in [0.29, 0.717) is 22.9 Å². The quantitative estimate of drug-likeness (QED) is 0.786. The van der Waals surface area contributed by atoms with E-state index in [-0.39, 0.29) is 5.82 Å². The summed E-state index contributed by atoms with van der Waals surface area (Å²) in [4.78, 5) is 1.31. The second-order valence-corrected chi connectivity index (χ2v) is 5.95. The summed E-state index contributed by atoms with van der Waals surface area (Å²) in [6.07, 6.45) is 0. The second kappa shape index (κ2) is 7.03. The van der Waals surface area contributed by atoms with Crippen LogP contribution in [-0.2, 0) is 0 Å². The first-order chi connectivity index (χ1) is 9.16. The second-order valence-electron chi connectivity index (χ2n) is 4.11. The Balaban J connectivity index is 1.75. The summed E-state index contributed by atoms with van der Waals surface area (Å²) in [5.41, 5.74) is 0. The van der Waals surface area contributed by atoms with Crippen molar-refractivity contribution in [1.29, 1.82) is 0 Å². The van der Waals surface area contributed by atoms with Gasteiger partial charge in [-0.05, 0) is 52.5 Å². The highest BCUT2D eigenvalue weighted by atomic mass is 79.9. The van der Waals surface area contributed by atoms with Gasteiger partial charge in [0.15, 0.2) is 0 Å². The third kappa shape index (κ3) is 4.30. The van der Waals surface area contributed by atoms with Crippen LogP contribution >= 0.6 is 27.3 Å². The van der Waals surface area contributed by atoms with Crippen LogP contribution in [0.25, 0.3) is 0 Å². The first-order valence-corrected chi connectivity index (χ1v) is 7.68. The lowest BCUT2D eigenvalue weighted by Crippen LogP contribution is -2.23. The molecule has 102 valence electrons. The van der Waals surface area contributed by atoms with E-state index in [0.717, 1.165) is 6.54 Å². The summed E-state index contributed by atoms with van der Waals surface area (Å²) in [6, 6.07) is 8.89. The highest BCUT2D eigenvalue weighted by molar-refractivity contribution is 9.10. The van der Waals surface area contributed by atoms with Crippen molar-refractivity contribution in [1.82, 2.24) is 5.32 Å². The molecule has 1 N–H and O–H groups in total. The first kappa shape index (κ1) is 14.5. The smallest absolute Gasteiger partial charge is 0.133 e. The fourth-order valence-corrected chi connectivity index (χ4v) is 2.89. The Morgan fingerprint density at radius 3 is 2.95 bits per heavy atom. The number of nitrogens with one attached hydrogen (secondary N) is 1. The van der Waals surface area contributed by atoms with Gasteiger partial charge in [0.05, 0.1) is 4.47 Å². The molecular formula is C14H15BrFNOS. The fourth-order valence-electron chi connectivity index (χ4n) is 1.67. The van der Waals surface area contributed by atoms with Crippen molar-refractivity contribution in [3.8, 4) is 5.75 Å². The van der Waals surface area contributed by atoms with Crippen LogP contribution in [0.4, 0.5) is 4.39 Å². The lowest BCUT2D eigenvalue weighted by Gasteiger charge is -2.13. The molecule has 2 nitrogen and oxygen atoms in total. The molecule has 0 saturated carbocycles. The predicted molar refractivity (Wildman–Crippen MR) is 80.3 cm³/mol. The van der Waals surface area contributed by atoms with E-state index in [1.165, 1.54) is 17.0 Å². The molecule has 19 heavy (non-hydrogen) atoms. The Kier molecular flexibility index (Phi) is 5.36. The van der Waals surface area contributed by atoms with Crippen LogP contribution in [0.1, 0.15) is 17.8 Å². The number of rotatable bonds is 6. The Labute approximate surface area is 124 Å². The molecule has 0 radical (unpaired) electrons. The molecule has 1 heterocycles. The van der Waals surface area contributed by atoms with E-state index in [4.69, 9.17) is 4.74 Å². The van der Waals surface area contributed by atoms with Crippen molar-refractivity contribution in [2.45, 2.75) is 13.0 Å². The van der Waals surface area contributed by atoms with Gasteiger partial charge < -0.3 is 10.1 Å². The van der Waals surface area contributed by atoms with E-state index < -0.39 is 0 Å². The van der Waals surface area contributed by atoms with E-state index in [9.17, 15) is 4.39 Å². The standard InChI is InChI=1S/C14H15BrFNOS/c1-10(14-3-2-8-19-14)17-6-7-18-13-5-4-11(16)9-12(13)15/h2-5,8-10,17H,6-7H2,1H3. The van der Waals surface area contributed by atoms with Gasteiger partial charge in [0, 0.05) is 17.5 Å². The lowest BCUT2D eigenvalue weighted by atomic mass is 10.3. The van der Waals surface area contributed by atoms with Crippen LogP contribution in [0.3, 0.4) is 0 Å². The molecule has 0 saturated heterocycles. The van der Waals surface area contributed by atoms with E-state index >= 15 is 0 Å². The van der Waals surface area contributed by atoms with Crippen LogP contribution in [0, 0.1) is 5.82 Å². The zero-order chi connectivity index (χ0) is 13.7. The monoisotopic (exact) mass is 343 g/mol. The Morgan fingerprint density at radius 1 is 1.42 bits per heavy atom. The van der Waals surface area contributed by atoms with Crippen molar-refractivity contribution < 1.29 is 9.13 Å². The molecule has 2 aromatic rings. The molecule has 0 aliphatic heterocycles. The average molecular weight is 344 g/mol. The maximum absolute atomic E-state index is 12.9. The minimum atomic E-state index is -0.274. The highest BCUT2D eigenvalue weighted by Crippen LogP contribution is 2.25. The van der Waals surface area contributed by atoms with Crippen LogP contribution in [-0.4, -0.2) is 13.2 Å². The molecular weight excluding hydrogens is 329 g/mol. The summed E-state index contributed by atoms with van der Waals surface area (Å²) in [7, 11) is 0. The van der Waals surface area contributed by atoms with Crippen molar-refractivity contribution in [2.24, 2.45) is 0 Å². The molecule has 1 atom stereocenters. The third-order valence-electron chi connectivity index (χ3n) is 2.67. The highest BCUT2D eigenvalue weighted by Gasteiger charge is 2.06. The molecule has 0 aliphatic carbocycles. The minimum absolute atomic E-state index is 0.274. The van der Waals surface area contributed by atoms with Crippen molar-refractivity contribution in [2.75, 3.05) is 13.2 Å². The Bertz CT molecular complexity index is 518. The normalized spacial score (nSPS) is 12.4. The first-order valence-electron chi connectivity index (χ1n) is 6.01. The predicted octanol–water partition coefficient (Wildman–Crippen LogP) is 4.38. The van der Waals surface area contributed by atoms with Gasteiger partial charge in [0.25, 0.3) is 0 Å². The van der Waals surface area contributed by atoms with Gasteiger partial charge in [-0.3, -0.25) is 0 Å². The van der Waals surface area contributed by atoms with Crippen LogP contribution < -0.4 is 10.1 Å². The van der Waals surface area contributed by atoms with Gasteiger partial charge in [0.1, 0.15) is 18.2 Å².